The van der Waals surface area contributed by atoms with E-state index in [1.165, 1.54) is 5.56 Å². The maximum Gasteiger partial charge on any atom is 0.315 e. The number of urea groups is 1. The van der Waals surface area contributed by atoms with Crippen molar-refractivity contribution in [1.29, 1.82) is 0 Å². The fourth-order valence-corrected chi connectivity index (χ4v) is 3.57. The molecule has 0 bridgehead atoms. The molecular weight excluding hydrogens is 302 g/mol. The van der Waals surface area contributed by atoms with Crippen LogP contribution in [0.2, 0.25) is 0 Å². The molecule has 6 nitrogen and oxygen atoms in total. The number of aromatic nitrogens is 3. The van der Waals surface area contributed by atoms with Crippen molar-refractivity contribution < 1.29 is 4.79 Å². The molecule has 1 aromatic heterocycles. The molecule has 4 rings (SSSR count). The third kappa shape index (κ3) is 2.77. The predicted octanol–water partition coefficient (Wildman–Crippen LogP) is 2.32. The van der Waals surface area contributed by atoms with Gasteiger partial charge in [-0.2, -0.15) is 0 Å². The lowest BCUT2D eigenvalue weighted by Gasteiger charge is -2.19. The van der Waals surface area contributed by atoms with Crippen LogP contribution < -0.4 is 10.6 Å². The molecule has 2 N–H and O–H groups in total. The van der Waals surface area contributed by atoms with E-state index >= 15 is 0 Å². The fourth-order valence-electron chi connectivity index (χ4n) is 3.57. The first-order chi connectivity index (χ1) is 11.7. The molecule has 24 heavy (non-hydrogen) atoms. The highest BCUT2D eigenvalue weighted by molar-refractivity contribution is 5.74. The van der Waals surface area contributed by atoms with E-state index in [4.69, 9.17) is 0 Å². The van der Waals surface area contributed by atoms with Crippen LogP contribution >= 0.6 is 0 Å². The number of hydrogen-bond donors (Lipinski definition) is 2. The fraction of sp³-hybridized carbons (Fsp3) is 0.500. The Labute approximate surface area is 141 Å². The monoisotopic (exact) mass is 325 g/mol. The van der Waals surface area contributed by atoms with Gasteiger partial charge in [-0.05, 0) is 31.7 Å². The van der Waals surface area contributed by atoms with E-state index in [0.717, 1.165) is 43.9 Å². The van der Waals surface area contributed by atoms with Gasteiger partial charge in [0, 0.05) is 24.9 Å². The Hall–Kier alpha value is -2.37. The largest absolute Gasteiger partial charge is 0.337 e. The smallest absolute Gasteiger partial charge is 0.315 e. The van der Waals surface area contributed by atoms with E-state index in [1.807, 2.05) is 13.0 Å². The molecule has 1 saturated carbocycles. The van der Waals surface area contributed by atoms with E-state index in [1.54, 1.807) is 0 Å². The Bertz CT molecular complexity index is 735. The normalized spacial score (nSPS) is 18.7. The molecular formula is C18H23N5O. The molecule has 2 amide bonds. The minimum absolute atomic E-state index is 0.123. The van der Waals surface area contributed by atoms with Crippen LogP contribution in [0.1, 0.15) is 49.4 Å². The van der Waals surface area contributed by atoms with E-state index in [-0.39, 0.29) is 17.5 Å². The summed E-state index contributed by atoms with van der Waals surface area (Å²) in [5.41, 5.74) is 1.44. The van der Waals surface area contributed by atoms with Crippen LogP contribution in [-0.4, -0.2) is 27.3 Å². The first-order valence-electron chi connectivity index (χ1n) is 8.70. The lowest BCUT2D eigenvalue weighted by Crippen LogP contribution is -2.41. The zero-order valence-electron chi connectivity index (χ0n) is 14.0. The third-order valence-electron chi connectivity index (χ3n) is 5.20. The Balaban J connectivity index is 1.34. The molecule has 0 unspecified atom stereocenters. The van der Waals surface area contributed by atoms with Gasteiger partial charge in [0.25, 0.3) is 0 Å². The predicted molar refractivity (Wildman–Crippen MR) is 90.6 cm³/mol. The van der Waals surface area contributed by atoms with Crippen molar-refractivity contribution in [3.8, 4) is 0 Å². The van der Waals surface area contributed by atoms with Crippen LogP contribution in [0, 0.1) is 0 Å². The molecule has 126 valence electrons. The number of benzene rings is 1. The number of amides is 2. The van der Waals surface area contributed by atoms with Crippen molar-refractivity contribution in [2.24, 2.45) is 0 Å². The third-order valence-corrected chi connectivity index (χ3v) is 5.20. The molecule has 1 aliphatic carbocycles. The number of rotatable bonds is 5. The second-order valence-electron chi connectivity index (χ2n) is 6.92. The van der Waals surface area contributed by atoms with Crippen molar-refractivity contribution >= 4 is 6.03 Å². The van der Waals surface area contributed by atoms with Crippen molar-refractivity contribution in [2.75, 3.05) is 6.54 Å². The Kier molecular flexibility index (Phi) is 3.75. The zero-order valence-corrected chi connectivity index (χ0v) is 14.0. The second kappa shape index (κ2) is 5.92. The van der Waals surface area contributed by atoms with Gasteiger partial charge in [0.2, 0.25) is 0 Å². The maximum absolute atomic E-state index is 12.3. The number of carbonyl (C=O) groups excluding carboxylic acids is 1. The summed E-state index contributed by atoms with van der Waals surface area (Å²) in [6.45, 7) is 3.58. The van der Waals surface area contributed by atoms with Crippen LogP contribution in [0.25, 0.3) is 0 Å². The average molecular weight is 325 g/mol. The Morgan fingerprint density at radius 3 is 2.83 bits per heavy atom. The van der Waals surface area contributed by atoms with Gasteiger partial charge in [0.15, 0.2) is 5.82 Å². The molecule has 1 atom stereocenters. The first kappa shape index (κ1) is 15.2. The molecule has 0 radical (unpaired) electrons. The summed E-state index contributed by atoms with van der Waals surface area (Å²) in [5.74, 6) is 1.88. The van der Waals surface area contributed by atoms with Crippen LogP contribution in [0.15, 0.2) is 30.3 Å². The first-order valence-corrected chi connectivity index (χ1v) is 8.70. The van der Waals surface area contributed by atoms with Crippen LogP contribution in [0.5, 0.6) is 0 Å². The highest BCUT2D eigenvalue weighted by Crippen LogP contribution is 2.47. The summed E-state index contributed by atoms with van der Waals surface area (Å²) in [5, 5.41) is 14.5. The molecule has 0 spiro atoms. The molecule has 1 aromatic carbocycles. The quantitative estimate of drug-likeness (QED) is 0.886. The number of hydrogen-bond acceptors (Lipinski definition) is 3. The van der Waals surface area contributed by atoms with Gasteiger partial charge in [-0.1, -0.05) is 30.3 Å². The van der Waals surface area contributed by atoms with Crippen molar-refractivity contribution in [1.82, 2.24) is 25.4 Å². The van der Waals surface area contributed by atoms with Gasteiger partial charge in [0.1, 0.15) is 5.82 Å². The van der Waals surface area contributed by atoms with Crippen molar-refractivity contribution in [3.05, 3.63) is 47.5 Å². The molecule has 0 saturated heterocycles. The van der Waals surface area contributed by atoms with E-state index in [9.17, 15) is 4.79 Å². The van der Waals surface area contributed by atoms with Crippen LogP contribution in [0.4, 0.5) is 4.79 Å². The summed E-state index contributed by atoms with van der Waals surface area (Å²) in [4.78, 5) is 12.3. The molecule has 1 aliphatic heterocycles. The van der Waals surface area contributed by atoms with Crippen molar-refractivity contribution in [3.63, 3.8) is 0 Å². The minimum atomic E-state index is -0.142. The molecule has 1 fully saturated rings. The highest BCUT2D eigenvalue weighted by atomic mass is 16.2. The lowest BCUT2D eigenvalue weighted by atomic mass is 9.96. The van der Waals surface area contributed by atoms with Crippen LogP contribution in [-0.2, 0) is 18.4 Å². The Morgan fingerprint density at radius 1 is 1.29 bits per heavy atom. The summed E-state index contributed by atoms with van der Waals surface area (Å²) in [6, 6.07) is 10.2. The van der Waals surface area contributed by atoms with Crippen molar-refractivity contribution in [2.45, 2.75) is 50.6 Å². The van der Waals surface area contributed by atoms with Gasteiger partial charge >= 0.3 is 6.03 Å². The Morgan fingerprint density at radius 2 is 2.08 bits per heavy atom. The van der Waals surface area contributed by atoms with Gasteiger partial charge in [-0.15, -0.1) is 10.2 Å². The summed E-state index contributed by atoms with van der Waals surface area (Å²) < 4.78 is 2.12. The zero-order chi connectivity index (χ0) is 16.6. The number of nitrogens with zero attached hydrogens (tertiary/aromatic N) is 3. The summed E-state index contributed by atoms with van der Waals surface area (Å²) in [6.07, 6.45) is 4.34. The summed E-state index contributed by atoms with van der Waals surface area (Å²) >= 11 is 0. The SMILES string of the molecule is C[C@@H](NC(=O)NCC1(c2ccccc2)CC1)c1nnc2n1CCC2. The molecule has 6 heteroatoms. The lowest BCUT2D eigenvalue weighted by molar-refractivity contribution is 0.236. The topological polar surface area (TPSA) is 71.8 Å². The van der Waals surface area contributed by atoms with E-state index < -0.39 is 0 Å². The van der Waals surface area contributed by atoms with Gasteiger partial charge in [0.05, 0.1) is 6.04 Å². The van der Waals surface area contributed by atoms with Gasteiger partial charge in [-0.25, -0.2) is 4.79 Å². The number of fused-ring (bicyclic) bond motifs is 1. The maximum atomic E-state index is 12.3. The van der Waals surface area contributed by atoms with E-state index in [0.29, 0.717) is 6.54 Å². The average Bonchev–Trinajstić information content (AvgIpc) is 3.05. The molecule has 2 heterocycles. The van der Waals surface area contributed by atoms with Gasteiger partial charge < -0.3 is 15.2 Å². The molecule has 2 aliphatic rings. The molecule has 2 aromatic rings. The standard InChI is InChI=1S/C18H23N5O/c1-13(16-22-21-15-8-5-11-23(15)16)20-17(24)19-12-18(9-10-18)14-6-3-2-4-7-14/h2-4,6-7,13H,5,8-12H2,1H3,(H2,19,20,24)/t13-/m1/s1. The van der Waals surface area contributed by atoms with Gasteiger partial charge in [-0.3, -0.25) is 0 Å². The second-order valence-corrected chi connectivity index (χ2v) is 6.92. The minimum Gasteiger partial charge on any atom is -0.337 e. The number of carbonyl (C=O) groups is 1. The number of aryl methyl sites for hydroxylation is 1. The van der Waals surface area contributed by atoms with E-state index in [2.05, 4.69) is 49.7 Å². The number of nitrogens with one attached hydrogen (secondary N) is 2. The highest BCUT2D eigenvalue weighted by Gasteiger charge is 2.44. The summed E-state index contributed by atoms with van der Waals surface area (Å²) in [7, 11) is 0. The van der Waals surface area contributed by atoms with Crippen LogP contribution in [0.3, 0.4) is 0 Å².